The molecule has 0 atom stereocenters. The van der Waals surface area contributed by atoms with Gasteiger partial charge in [-0.1, -0.05) is 5.92 Å². The molecule has 0 bridgehead atoms. The fourth-order valence-corrected chi connectivity index (χ4v) is 4.06. The minimum atomic E-state index is -1.27. The molecule has 1 saturated heterocycles. The third kappa shape index (κ3) is 5.40. The number of benzene rings is 1. The van der Waals surface area contributed by atoms with Crippen molar-refractivity contribution in [2.75, 3.05) is 25.3 Å². The molecular weight excluding hydrogens is 507 g/mol. The smallest absolute Gasteiger partial charge is 0.312 e. The summed E-state index contributed by atoms with van der Waals surface area (Å²) in [7, 11) is 1.55. The summed E-state index contributed by atoms with van der Waals surface area (Å²) in [6, 6.07) is 3.56. The number of ether oxygens (including phenoxy) is 2. The van der Waals surface area contributed by atoms with E-state index in [0.29, 0.717) is 5.69 Å². The Bertz CT molecular complexity index is 1450. The van der Waals surface area contributed by atoms with E-state index in [9.17, 15) is 23.6 Å². The summed E-state index contributed by atoms with van der Waals surface area (Å²) in [4.78, 5) is 56.8. The minimum absolute atomic E-state index is 0.00633. The minimum Gasteiger partial charge on any atom is -0.444 e. The Kier molecular flexibility index (Phi) is 7.99. The van der Waals surface area contributed by atoms with Crippen LogP contribution in [0.4, 0.5) is 15.8 Å². The number of carbonyl (C=O) groups is 4. The number of carbonyl (C=O) groups excluding carboxylic acids is 4. The number of hydrogen-bond donors (Lipinski definition) is 1. The highest BCUT2D eigenvalue weighted by Crippen LogP contribution is 2.29. The Hall–Kier alpha value is -4.48. The number of nitrogens with zero attached hydrogens (tertiary/aromatic N) is 3. The number of halogens is 1. The Morgan fingerprint density at radius 3 is 2.44 bits per heavy atom. The van der Waals surface area contributed by atoms with Gasteiger partial charge in [-0.3, -0.25) is 24.1 Å². The van der Waals surface area contributed by atoms with E-state index in [4.69, 9.17) is 22.5 Å². The van der Waals surface area contributed by atoms with E-state index in [2.05, 4.69) is 16.1 Å². The van der Waals surface area contributed by atoms with Crippen LogP contribution in [0.15, 0.2) is 18.2 Å². The number of Topliss-reactive ketones (excluding diaryl/α,β-unsaturated/α-hetero) is 1. The van der Waals surface area contributed by atoms with Crippen molar-refractivity contribution in [2.24, 2.45) is 12.5 Å². The maximum atomic E-state index is 13.7. The van der Waals surface area contributed by atoms with Crippen molar-refractivity contribution in [3.8, 4) is 12.3 Å². The molecule has 1 fully saturated rings. The Morgan fingerprint density at radius 1 is 1.28 bits per heavy atom. The number of ketones is 1. The van der Waals surface area contributed by atoms with Crippen molar-refractivity contribution in [2.45, 2.75) is 40.2 Å². The van der Waals surface area contributed by atoms with Gasteiger partial charge in [-0.15, -0.1) is 6.42 Å². The highest BCUT2D eigenvalue weighted by atomic mass is 19.1. The number of esters is 1. The largest absolute Gasteiger partial charge is 0.444 e. The zero-order valence-electron chi connectivity index (χ0n) is 22.6. The van der Waals surface area contributed by atoms with Crippen molar-refractivity contribution >= 4 is 34.9 Å². The van der Waals surface area contributed by atoms with Crippen LogP contribution in [-0.2, 0) is 26.1 Å². The monoisotopic (exact) mass is 536 g/mol. The first-order valence-corrected chi connectivity index (χ1v) is 11.9. The number of terminal acetylenes is 1. The second-order valence-electron chi connectivity index (χ2n) is 10.3. The zero-order chi connectivity index (χ0) is 29.3. The molecule has 1 aliphatic rings. The number of aromatic nitrogens is 1. The highest BCUT2D eigenvalue weighted by Gasteiger charge is 2.48. The maximum absolute atomic E-state index is 13.7. The normalized spacial score (nSPS) is 13.9. The van der Waals surface area contributed by atoms with Gasteiger partial charge in [0.15, 0.2) is 12.3 Å². The Labute approximate surface area is 225 Å². The predicted molar refractivity (Wildman–Crippen MR) is 139 cm³/mol. The van der Waals surface area contributed by atoms with Crippen LogP contribution < -0.4 is 5.32 Å². The molecule has 1 aromatic carbocycles. The highest BCUT2D eigenvalue weighted by molar-refractivity contribution is 6.43. The topological polar surface area (TPSA) is 111 Å². The van der Waals surface area contributed by atoms with E-state index in [0.717, 1.165) is 11.0 Å². The lowest BCUT2D eigenvalue weighted by Crippen LogP contribution is -2.65. The number of nitrogens with one attached hydrogen (secondary N) is 1. The van der Waals surface area contributed by atoms with Gasteiger partial charge in [0.1, 0.15) is 11.5 Å². The van der Waals surface area contributed by atoms with Crippen LogP contribution in [0.1, 0.15) is 52.9 Å². The summed E-state index contributed by atoms with van der Waals surface area (Å²) in [5.41, 5.74) is -1.56. The van der Waals surface area contributed by atoms with E-state index >= 15 is 0 Å². The second-order valence-corrected chi connectivity index (χ2v) is 10.3. The van der Waals surface area contributed by atoms with Gasteiger partial charge < -0.3 is 19.4 Å². The molecule has 2 heterocycles. The van der Waals surface area contributed by atoms with Crippen molar-refractivity contribution in [3.05, 3.63) is 57.9 Å². The Balaban J connectivity index is 1.94. The fraction of sp³-hybridized carbons (Fsp3) is 0.393. The molecule has 2 aromatic rings. The van der Waals surface area contributed by atoms with E-state index in [1.807, 2.05) is 0 Å². The average Bonchev–Trinajstić information content (AvgIpc) is 3.07. The van der Waals surface area contributed by atoms with E-state index < -0.39 is 47.1 Å². The molecule has 204 valence electrons. The van der Waals surface area contributed by atoms with Crippen LogP contribution in [0, 0.1) is 44.0 Å². The molecular formula is C28H29FN4O6. The lowest BCUT2D eigenvalue weighted by Gasteiger charge is -2.45. The van der Waals surface area contributed by atoms with Gasteiger partial charge in [-0.05, 0) is 58.4 Å². The number of anilines is 1. The van der Waals surface area contributed by atoms with Crippen molar-refractivity contribution in [1.82, 2.24) is 9.47 Å². The summed E-state index contributed by atoms with van der Waals surface area (Å²) in [6.07, 6.45) is 5.69. The first kappa shape index (κ1) is 29.1. The molecule has 39 heavy (non-hydrogen) atoms. The van der Waals surface area contributed by atoms with Gasteiger partial charge in [-0.25, -0.2) is 9.24 Å². The quantitative estimate of drug-likeness (QED) is 0.145. The first-order chi connectivity index (χ1) is 18.2. The van der Waals surface area contributed by atoms with Crippen molar-refractivity contribution in [3.63, 3.8) is 0 Å². The van der Waals surface area contributed by atoms with E-state index in [1.54, 1.807) is 34.7 Å². The van der Waals surface area contributed by atoms with E-state index in [1.165, 1.54) is 23.6 Å². The molecule has 11 heteroatoms. The zero-order valence-corrected chi connectivity index (χ0v) is 22.6. The number of amides is 2. The van der Waals surface area contributed by atoms with Crippen LogP contribution >= 0.6 is 0 Å². The molecule has 1 N–H and O–H groups in total. The molecule has 10 nitrogen and oxygen atoms in total. The third-order valence-corrected chi connectivity index (χ3v) is 6.54. The Morgan fingerprint density at radius 2 is 1.92 bits per heavy atom. The average molecular weight is 537 g/mol. The van der Waals surface area contributed by atoms with Crippen LogP contribution in [0.25, 0.3) is 4.85 Å². The maximum Gasteiger partial charge on any atom is 0.312 e. The molecule has 0 radical (unpaired) electrons. The van der Waals surface area contributed by atoms with Crippen LogP contribution in [0.5, 0.6) is 0 Å². The van der Waals surface area contributed by atoms with Crippen LogP contribution in [0.3, 0.4) is 0 Å². The molecule has 3 rings (SSSR count). The van der Waals surface area contributed by atoms with Gasteiger partial charge in [0.2, 0.25) is 5.69 Å². The van der Waals surface area contributed by atoms with Crippen LogP contribution in [0.2, 0.25) is 0 Å². The lowest BCUT2D eigenvalue weighted by atomic mass is 9.94. The van der Waals surface area contributed by atoms with Gasteiger partial charge in [0, 0.05) is 18.4 Å². The van der Waals surface area contributed by atoms with Crippen molar-refractivity contribution in [1.29, 1.82) is 0 Å². The molecule has 2 amide bonds. The fourth-order valence-electron chi connectivity index (χ4n) is 4.06. The van der Waals surface area contributed by atoms with Crippen LogP contribution in [-0.4, -0.2) is 58.5 Å². The first-order valence-electron chi connectivity index (χ1n) is 11.9. The van der Waals surface area contributed by atoms with Crippen molar-refractivity contribution < 1.29 is 33.0 Å². The lowest BCUT2D eigenvalue weighted by molar-refractivity contribution is -0.177. The van der Waals surface area contributed by atoms with Gasteiger partial charge >= 0.3 is 5.97 Å². The summed E-state index contributed by atoms with van der Waals surface area (Å²) in [5.74, 6) is -1.40. The summed E-state index contributed by atoms with van der Waals surface area (Å²) < 4.78 is 25.7. The van der Waals surface area contributed by atoms with E-state index in [-0.39, 0.29) is 41.4 Å². The second kappa shape index (κ2) is 10.7. The molecule has 1 aliphatic heterocycles. The summed E-state index contributed by atoms with van der Waals surface area (Å²) >= 11 is 0. The SMILES string of the molecule is [C-]#[N+]c1cc(NC(=O)c2c(C)c(C(=O)C(=O)N(COC(=O)C(C)(C)C)C3(C#C)COC3)c(C)n2C)ccc1F. The number of hydrogen-bond acceptors (Lipinski definition) is 6. The molecule has 0 aliphatic carbocycles. The van der Waals surface area contributed by atoms with Gasteiger partial charge in [-0.2, -0.15) is 0 Å². The summed E-state index contributed by atoms with van der Waals surface area (Å²) in [6.45, 7) is 14.5. The molecule has 1 aromatic heterocycles. The molecule has 0 spiro atoms. The van der Waals surface area contributed by atoms with Gasteiger partial charge in [0.05, 0.1) is 30.8 Å². The number of rotatable bonds is 7. The third-order valence-electron chi connectivity index (χ3n) is 6.54. The standard InChI is InChI=1S/C28H29FN4O6/c1-9-28(13-38-14-28)33(15-39-26(37)27(4,5)6)25(36)23(34)21-16(2)22(32(8)17(21)3)24(35)31-18-10-11-19(29)20(12-18)30-7/h1,10-12H,13-15H2,2-6,8H3,(H,31,35). The molecule has 0 unspecified atom stereocenters. The van der Waals surface area contributed by atoms with Gasteiger partial charge in [0.25, 0.3) is 17.6 Å². The predicted octanol–water partition coefficient (Wildman–Crippen LogP) is 3.54. The molecule has 0 saturated carbocycles. The summed E-state index contributed by atoms with van der Waals surface area (Å²) in [5, 5.41) is 2.59.